The van der Waals surface area contributed by atoms with Crippen molar-refractivity contribution in [3.05, 3.63) is 17.7 Å². The summed E-state index contributed by atoms with van der Waals surface area (Å²) in [4.78, 5) is 22.3. The van der Waals surface area contributed by atoms with Gasteiger partial charge < -0.3 is 10.0 Å². The van der Waals surface area contributed by atoms with E-state index in [0.717, 1.165) is 25.8 Å². The van der Waals surface area contributed by atoms with Crippen LogP contribution >= 0.6 is 0 Å². The standard InChI is InChI=1S/C16H27N3O2/c1-6-8-9-19(12(5)7-2)13-10-17-15(11(3)4)18-14(13)16(20)21/h10-12H,6-9H2,1-5H3,(H,20,21). The molecule has 1 aromatic heterocycles. The van der Waals surface area contributed by atoms with Crippen LogP contribution in [0.2, 0.25) is 0 Å². The first-order chi connectivity index (χ1) is 9.92. The lowest BCUT2D eigenvalue weighted by atomic mass is 10.1. The molecule has 0 fully saturated rings. The van der Waals surface area contributed by atoms with Crippen LogP contribution in [-0.2, 0) is 0 Å². The smallest absolute Gasteiger partial charge is 0.356 e. The molecule has 1 N–H and O–H groups in total. The Morgan fingerprint density at radius 1 is 1.33 bits per heavy atom. The molecule has 0 aliphatic carbocycles. The molecule has 118 valence electrons. The van der Waals surface area contributed by atoms with Crippen LogP contribution in [0.4, 0.5) is 5.69 Å². The molecule has 0 saturated heterocycles. The lowest BCUT2D eigenvalue weighted by Crippen LogP contribution is -2.35. The summed E-state index contributed by atoms with van der Waals surface area (Å²) in [5.74, 6) is -0.292. The van der Waals surface area contributed by atoms with Gasteiger partial charge in [-0.05, 0) is 19.8 Å². The van der Waals surface area contributed by atoms with Gasteiger partial charge in [-0.25, -0.2) is 14.8 Å². The van der Waals surface area contributed by atoms with Crippen LogP contribution in [0.25, 0.3) is 0 Å². The summed E-state index contributed by atoms with van der Waals surface area (Å²) in [5, 5.41) is 9.48. The SMILES string of the molecule is CCCCN(c1cnc(C(C)C)nc1C(=O)O)C(C)CC. The van der Waals surface area contributed by atoms with E-state index in [-0.39, 0.29) is 17.7 Å². The first-order valence-corrected chi connectivity index (χ1v) is 7.79. The fourth-order valence-corrected chi connectivity index (χ4v) is 2.16. The predicted molar refractivity (Wildman–Crippen MR) is 85.1 cm³/mol. The largest absolute Gasteiger partial charge is 0.476 e. The van der Waals surface area contributed by atoms with E-state index in [1.165, 1.54) is 0 Å². The first kappa shape index (κ1) is 17.4. The first-order valence-electron chi connectivity index (χ1n) is 7.79. The van der Waals surface area contributed by atoms with Crippen LogP contribution in [0.5, 0.6) is 0 Å². The van der Waals surface area contributed by atoms with Crippen molar-refractivity contribution < 1.29 is 9.90 Å². The highest BCUT2D eigenvalue weighted by Gasteiger charge is 2.22. The van der Waals surface area contributed by atoms with E-state index in [0.29, 0.717) is 11.5 Å². The van der Waals surface area contributed by atoms with Gasteiger partial charge in [0, 0.05) is 18.5 Å². The Morgan fingerprint density at radius 2 is 2.00 bits per heavy atom. The van der Waals surface area contributed by atoms with Gasteiger partial charge in [0.15, 0.2) is 5.69 Å². The molecular formula is C16H27N3O2. The topological polar surface area (TPSA) is 66.3 Å². The van der Waals surface area contributed by atoms with Crippen molar-refractivity contribution in [2.45, 2.75) is 65.8 Å². The van der Waals surface area contributed by atoms with Crippen LogP contribution < -0.4 is 4.90 Å². The average molecular weight is 293 g/mol. The minimum atomic E-state index is -0.987. The minimum absolute atomic E-state index is 0.116. The van der Waals surface area contributed by atoms with Crippen LogP contribution in [0.15, 0.2) is 6.20 Å². The molecule has 1 aromatic rings. The third kappa shape index (κ3) is 4.41. The highest BCUT2D eigenvalue weighted by atomic mass is 16.4. The highest BCUT2D eigenvalue weighted by Crippen LogP contribution is 2.24. The summed E-state index contributed by atoms with van der Waals surface area (Å²) in [5.41, 5.74) is 0.750. The molecule has 0 saturated carbocycles. The Balaban J connectivity index is 3.25. The molecule has 21 heavy (non-hydrogen) atoms. The molecule has 1 heterocycles. The van der Waals surface area contributed by atoms with E-state index in [9.17, 15) is 9.90 Å². The molecule has 0 amide bonds. The van der Waals surface area contributed by atoms with E-state index in [1.807, 2.05) is 13.8 Å². The van der Waals surface area contributed by atoms with E-state index in [1.54, 1.807) is 6.20 Å². The fourth-order valence-electron chi connectivity index (χ4n) is 2.16. The van der Waals surface area contributed by atoms with Gasteiger partial charge in [-0.1, -0.05) is 34.1 Å². The van der Waals surface area contributed by atoms with Crippen molar-refractivity contribution in [1.29, 1.82) is 0 Å². The molecule has 5 heteroatoms. The maximum atomic E-state index is 11.6. The molecule has 1 rings (SSSR count). The number of nitrogens with zero attached hydrogens (tertiary/aromatic N) is 3. The van der Waals surface area contributed by atoms with Gasteiger partial charge >= 0.3 is 5.97 Å². The molecule has 0 radical (unpaired) electrons. The zero-order chi connectivity index (χ0) is 16.0. The van der Waals surface area contributed by atoms with Crippen molar-refractivity contribution >= 4 is 11.7 Å². The Hall–Kier alpha value is -1.65. The summed E-state index contributed by atoms with van der Waals surface area (Å²) >= 11 is 0. The number of unbranched alkanes of at least 4 members (excludes halogenated alkanes) is 1. The van der Waals surface area contributed by atoms with Crippen molar-refractivity contribution in [2.24, 2.45) is 0 Å². The van der Waals surface area contributed by atoms with Gasteiger partial charge in [-0.3, -0.25) is 0 Å². The second-order valence-electron chi connectivity index (χ2n) is 5.73. The fraction of sp³-hybridized carbons (Fsp3) is 0.688. The van der Waals surface area contributed by atoms with E-state index in [2.05, 4.69) is 35.6 Å². The third-order valence-electron chi connectivity index (χ3n) is 3.69. The summed E-state index contributed by atoms with van der Waals surface area (Å²) in [6.45, 7) is 11.1. The van der Waals surface area contributed by atoms with Crippen molar-refractivity contribution in [2.75, 3.05) is 11.4 Å². The highest BCUT2D eigenvalue weighted by molar-refractivity contribution is 5.92. The van der Waals surface area contributed by atoms with Gasteiger partial charge in [0.25, 0.3) is 0 Å². The number of anilines is 1. The summed E-state index contributed by atoms with van der Waals surface area (Å²) in [6.07, 6.45) is 4.72. The number of hydrogen-bond acceptors (Lipinski definition) is 4. The lowest BCUT2D eigenvalue weighted by molar-refractivity contribution is 0.0690. The Morgan fingerprint density at radius 3 is 2.48 bits per heavy atom. The van der Waals surface area contributed by atoms with Crippen LogP contribution in [0.3, 0.4) is 0 Å². The molecule has 0 aliphatic heterocycles. The summed E-state index contributed by atoms with van der Waals surface area (Å²) < 4.78 is 0. The van der Waals surface area contributed by atoms with Crippen LogP contribution in [-0.4, -0.2) is 33.6 Å². The second kappa shape index (κ2) is 7.96. The molecule has 0 spiro atoms. The van der Waals surface area contributed by atoms with Gasteiger partial charge in [0.1, 0.15) is 5.82 Å². The number of carboxylic acid groups (broad SMARTS) is 1. The maximum absolute atomic E-state index is 11.6. The van der Waals surface area contributed by atoms with Gasteiger partial charge in [0.2, 0.25) is 0 Å². The second-order valence-corrected chi connectivity index (χ2v) is 5.73. The molecule has 1 unspecified atom stereocenters. The molecule has 1 atom stereocenters. The predicted octanol–water partition coefficient (Wildman–Crippen LogP) is 3.70. The van der Waals surface area contributed by atoms with Crippen LogP contribution in [0, 0.1) is 0 Å². The number of aromatic nitrogens is 2. The summed E-state index contributed by atoms with van der Waals surface area (Å²) in [6, 6.07) is 0.267. The van der Waals surface area contributed by atoms with Gasteiger partial charge in [0.05, 0.1) is 11.9 Å². The van der Waals surface area contributed by atoms with Gasteiger partial charge in [-0.15, -0.1) is 0 Å². The van der Waals surface area contributed by atoms with Crippen molar-refractivity contribution in [3.8, 4) is 0 Å². The zero-order valence-corrected chi connectivity index (χ0v) is 13.8. The number of aromatic carboxylic acids is 1. The lowest BCUT2D eigenvalue weighted by Gasteiger charge is -2.31. The minimum Gasteiger partial charge on any atom is -0.476 e. The quantitative estimate of drug-likeness (QED) is 0.791. The Bertz CT molecular complexity index is 475. The number of rotatable bonds is 8. The molecule has 0 aliphatic rings. The Labute approximate surface area is 127 Å². The van der Waals surface area contributed by atoms with Crippen molar-refractivity contribution in [1.82, 2.24) is 9.97 Å². The molecule has 0 aromatic carbocycles. The van der Waals surface area contributed by atoms with Crippen molar-refractivity contribution in [3.63, 3.8) is 0 Å². The average Bonchev–Trinajstić information content (AvgIpc) is 2.46. The summed E-state index contributed by atoms with van der Waals surface area (Å²) in [7, 11) is 0. The number of carboxylic acids is 1. The van der Waals surface area contributed by atoms with E-state index < -0.39 is 5.97 Å². The van der Waals surface area contributed by atoms with Crippen LogP contribution in [0.1, 0.15) is 76.1 Å². The number of carbonyl (C=O) groups is 1. The monoisotopic (exact) mass is 293 g/mol. The third-order valence-corrected chi connectivity index (χ3v) is 3.69. The molecule has 5 nitrogen and oxygen atoms in total. The maximum Gasteiger partial charge on any atom is 0.356 e. The van der Waals surface area contributed by atoms with E-state index >= 15 is 0 Å². The van der Waals surface area contributed by atoms with Gasteiger partial charge in [-0.2, -0.15) is 0 Å². The zero-order valence-electron chi connectivity index (χ0n) is 13.8. The number of hydrogen-bond donors (Lipinski definition) is 1. The normalized spacial score (nSPS) is 12.5. The van der Waals surface area contributed by atoms with E-state index in [4.69, 9.17) is 0 Å². The Kier molecular flexibility index (Phi) is 6.59. The molecular weight excluding hydrogens is 266 g/mol. The molecule has 0 bridgehead atoms.